The molecule has 2 aromatic carbocycles. The molecule has 106 valence electrons. The Kier molecular flexibility index (Phi) is 4.48. The number of methoxy groups -OCH3 is 3. The van der Waals surface area contributed by atoms with Gasteiger partial charge in [0.25, 0.3) is 0 Å². The van der Waals surface area contributed by atoms with Gasteiger partial charge in [0.05, 0.1) is 26.9 Å². The molecule has 2 N–H and O–H groups in total. The summed E-state index contributed by atoms with van der Waals surface area (Å²) in [5.74, 6) is 2.29. The van der Waals surface area contributed by atoms with Crippen LogP contribution in [0.3, 0.4) is 0 Å². The van der Waals surface area contributed by atoms with Crippen LogP contribution in [0.4, 0.5) is 0 Å². The third kappa shape index (κ3) is 2.56. The van der Waals surface area contributed by atoms with Gasteiger partial charge in [0.15, 0.2) is 0 Å². The van der Waals surface area contributed by atoms with Crippen LogP contribution >= 0.6 is 0 Å². The zero-order valence-corrected chi connectivity index (χ0v) is 12.0. The first kappa shape index (κ1) is 14.2. The number of hydrogen-bond donors (Lipinski definition) is 1. The third-order valence-electron chi connectivity index (χ3n) is 3.23. The maximum absolute atomic E-state index is 5.86. The van der Waals surface area contributed by atoms with Crippen molar-refractivity contribution >= 4 is 0 Å². The lowest BCUT2D eigenvalue weighted by molar-refractivity contribution is 0.397. The van der Waals surface area contributed by atoms with Crippen molar-refractivity contribution in [3.05, 3.63) is 42.0 Å². The van der Waals surface area contributed by atoms with E-state index in [1.54, 1.807) is 21.3 Å². The van der Waals surface area contributed by atoms with Crippen LogP contribution in [0, 0.1) is 0 Å². The van der Waals surface area contributed by atoms with Gasteiger partial charge in [-0.05, 0) is 35.4 Å². The predicted molar refractivity (Wildman–Crippen MR) is 79.4 cm³/mol. The van der Waals surface area contributed by atoms with E-state index in [-0.39, 0.29) is 0 Å². The lowest BCUT2D eigenvalue weighted by Crippen LogP contribution is -2.02. The van der Waals surface area contributed by atoms with Gasteiger partial charge in [-0.25, -0.2) is 0 Å². The SMILES string of the molecule is COc1ccc(-c2c(OC)cccc2OC)c(CN)c1. The van der Waals surface area contributed by atoms with Crippen LogP contribution in [0.1, 0.15) is 5.56 Å². The van der Waals surface area contributed by atoms with Crippen molar-refractivity contribution in [1.29, 1.82) is 0 Å². The molecule has 4 heteroatoms. The fourth-order valence-electron chi connectivity index (χ4n) is 2.23. The Hall–Kier alpha value is -2.20. The highest BCUT2D eigenvalue weighted by Gasteiger charge is 2.15. The molecule has 0 saturated carbocycles. The summed E-state index contributed by atoms with van der Waals surface area (Å²) < 4.78 is 16.1. The van der Waals surface area contributed by atoms with Crippen LogP contribution in [-0.4, -0.2) is 21.3 Å². The Morgan fingerprint density at radius 1 is 0.900 bits per heavy atom. The molecule has 0 aromatic heterocycles. The van der Waals surface area contributed by atoms with Crippen LogP contribution in [0.5, 0.6) is 17.2 Å². The molecule has 2 aromatic rings. The lowest BCUT2D eigenvalue weighted by atomic mass is 9.97. The van der Waals surface area contributed by atoms with Crippen molar-refractivity contribution in [3.8, 4) is 28.4 Å². The molecule has 0 aliphatic heterocycles. The quantitative estimate of drug-likeness (QED) is 0.910. The molecular formula is C16H19NO3. The predicted octanol–water partition coefficient (Wildman–Crippen LogP) is 2.84. The molecule has 0 heterocycles. The summed E-state index contributed by atoms with van der Waals surface area (Å²) >= 11 is 0. The lowest BCUT2D eigenvalue weighted by Gasteiger charge is -2.16. The van der Waals surface area contributed by atoms with Gasteiger partial charge in [0.2, 0.25) is 0 Å². The summed E-state index contributed by atoms with van der Waals surface area (Å²) in [6, 6.07) is 11.5. The average Bonchev–Trinajstić information content (AvgIpc) is 2.53. The molecule has 0 aliphatic carbocycles. The van der Waals surface area contributed by atoms with Gasteiger partial charge in [0.1, 0.15) is 17.2 Å². The fraction of sp³-hybridized carbons (Fsp3) is 0.250. The highest BCUT2D eigenvalue weighted by atomic mass is 16.5. The van der Waals surface area contributed by atoms with Gasteiger partial charge in [-0.2, -0.15) is 0 Å². The molecule has 0 spiro atoms. The zero-order valence-electron chi connectivity index (χ0n) is 12.0. The van der Waals surface area contributed by atoms with E-state index < -0.39 is 0 Å². The number of nitrogens with two attached hydrogens (primary N) is 1. The molecule has 0 unspecified atom stereocenters. The number of ether oxygens (including phenoxy) is 3. The number of rotatable bonds is 5. The summed E-state index contributed by atoms with van der Waals surface area (Å²) in [4.78, 5) is 0. The molecule has 0 saturated heterocycles. The highest BCUT2D eigenvalue weighted by Crippen LogP contribution is 2.40. The molecule has 0 bridgehead atoms. The van der Waals surface area contributed by atoms with Crippen molar-refractivity contribution in [2.45, 2.75) is 6.54 Å². The molecule has 0 fully saturated rings. The Morgan fingerprint density at radius 2 is 1.55 bits per heavy atom. The molecule has 2 rings (SSSR count). The van der Waals surface area contributed by atoms with Crippen LogP contribution in [0.15, 0.2) is 36.4 Å². The Balaban J connectivity index is 2.67. The van der Waals surface area contributed by atoms with Crippen LogP contribution in [0.2, 0.25) is 0 Å². The van der Waals surface area contributed by atoms with Gasteiger partial charge in [0, 0.05) is 6.54 Å². The molecule has 0 amide bonds. The number of hydrogen-bond acceptors (Lipinski definition) is 4. The average molecular weight is 273 g/mol. The van der Waals surface area contributed by atoms with Gasteiger partial charge >= 0.3 is 0 Å². The third-order valence-corrected chi connectivity index (χ3v) is 3.23. The maximum Gasteiger partial charge on any atom is 0.130 e. The van der Waals surface area contributed by atoms with E-state index in [1.165, 1.54) is 0 Å². The smallest absolute Gasteiger partial charge is 0.130 e. The summed E-state index contributed by atoms with van der Waals surface area (Å²) in [6.07, 6.45) is 0. The minimum absolute atomic E-state index is 0.410. The van der Waals surface area contributed by atoms with E-state index in [1.807, 2.05) is 36.4 Å². The van der Waals surface area contributed by atoms with Crippen molar-refractivity contribution in [2.75, 3.05) is 21.3 Å². The summed E-state index contributed by atoms with van der Waals surface area (Å²) in [5.41, 5.74) is 8.73. The summed E-state index contributed by atoms with van der Waals surface area (Å²) in [6.45, 7) is 0.410. The second kappa shape index (κ2) is 6.30. The van der Waals surface area contributed by atoms with Gasteiger partial charge in [-0.3, -0.25) is 0 Å². The van der Waals surface area contributed by atoms with Crippen molar-refractivity contribution < 1.29 is 14.2 Å². The number of benzene rings is 2. The minimum Gasteiger partial charge on any atom is -0.497 e. The fourth-order valence-corrected chi connectivity index (χ4v) is 2.23. The largest absolute Gasteiger partial charge is 0.497 e. The van der Waals surface area contributed by atoms with E-state index in [0.29, 0.717) is 6.54 Å². The second-order valence-electron chi connectivity index (χ2n) is 4.26. The van der Waals surface area contributed by atoms with Gasteiger partial charge < -0.3 is 19.9 Å². The van der Waals surface area contributed by atoms with Gasteiger partial charge in [-0.15, -0.1) is 0 Å². The van der Waals surface area contributed by atoms with Crippen LogP contribution in [0.25, 0.3) is 11.1 Å². The van der Waals surface area contributed by atoms with E-state index in [9.17, 15) is 0 Å². The first-order valence-corrected chi connectivity index (χ1v) is 6.33. The van der Waals surface area contributed by atoms with E-state index >= 15 is 0 Å². The summed E-state index contributed by atoms with van der Waals surface area (Å²) in [5, 5.41) is 0. The molecular weight excluding hydrogens is 254 g/mol. The van der Waals surface area contributed by atoms with Crippen molar-refractivity contribution in [2.24, 2.45) is 5.73 Å². The minimum atomic E-state index is 0.410. The molecule has 0 atom stereocenters. The second-order valence-corrected chi connectivity index (χ2v) is 4.26. The molecule has 0 aliphatic rings. The monoisotopic (exact) mass is 273 g/mol. The van der Waals surface area contributed by atoms with Crippen molar-refractivity contribution in [1.82, 2.24) is 0 Å². The van der Waals surface area contributed by atoms with E-state index in [4.69, 9.17) is 19.9 Å². The van der Waals surface area contributed by atoms with Crippen molar-refractivity contribution in [3.63, 3.8) is 0 Å². The standard InChI is InChI=1S/C16H19NO3/c1-18-12-7-8-13(11(9-12)10-17)16-14(19-2)5-4-6-15(16)20-3/h4-9H,10,17H2,1-3H3. The van der Waals surface area contributed by atoms with Gasteiger partial charge in [-0.1, -0.05) is 12.1 Å². The maximum atomic E-state index is 5.86. The topological polar surface area (TPSA) is 53.7 Å². The molecule has 0 radical (unpaired) electrons. The normalized spacial score (nSPS) is 10.2. The van der Waals surface area contributed by atoms with Crippen LogP contribution in [-0.2, 0) is 6.54 Å². The van der Waals surface area contributed by atoms with Crippen LogP contribution < -0.4 is 19.9 Å². The van der Waals surface area contributed by atoms with E-state index in [2.05, 4.69) is 0 Å². The summed E-state index contributed by atoms with van der Waals surface area (Å²) in [7, 11) is 4.92. The highest BCUT2D eigenvalue weighted by molar-refractivity contribution is 5.79. The Bertz CT molecular complexity index is 574. The molecule has 4 nitrogen and oxygen atoms in total. The zero-order chi connectivity index (χ0) is 14.5. The first-order chi connectivity index (χ1) is 9.74. The first-order valence-electron chi connectivity index (χ1n) is 6.33. The molecule has 20 heavy (non-hydrogen) atoms. The Morgan fingerprint density at radius 3 is 2.05 bits per heavy atom. The van der Waals surface area contributed by atoms with E-state index in [0.717, 1.165) is 33.9 Å². The Labute approximate surface area is 119 Å².